The van der Waals surface area contributed by atoms with Crippen LogP contribution in [-0.2, 0) is 22.6 Å². The van der Waals surface area contributed by atoms with Gasteiger partial charge in [0.05, 0.1) is 25.5 Å². The lowest BCUT2D eigenvalue weighted by Gasteiger charge is -2.02. The van der Waals surface area contributed by atoms with Crippen molar-refractivity contribution in [3.8, 4) is 0 Å². The average Bonchev–Trinajstić information content (AvgIpc) is 2.77. The predicted molar refractivity (Wildman–Crippen MR) is 70.3 cm³/mol. The molecule has 1 rings (SSSR count). The lowest BCUT2D eigenvalue weighted by Crippen LogP contribution is -2.13. The summed E-state index contributed by atoms with van der Waals surface area (Å²) in [5.41, 5.74) is 1.01. The molecular weight excluding hydrogens is 236 g/mol. The van der Waals surface area contributed by atoms with E-state index in [1.807, 2.05) is 6.92 Å². The van der Waals surface area contributed by atoms with E-state index in [0.717, 1.165) is 36.8 Å². The second-order valence-electron chi connectivity index (χ2n) is 3.66. The largest absolute Gasteiger partial charge is 0.379 e. The van der Waals surface area contributed by atoms with Crippen LogP contribution in [0.15, 0.2) is 5.38 Å². The fraction of sp³-hybridized carbons (Fsp3) is 0.750. The molecule has 1 aromatic rings. The van der Waals surface area contributed by atoms with Gasteiger partial charge in [-0.3, -0.25) is 0 Å². The monoisotopic (exact) mass is 258 g/mol. The molecule has 0 spiro atoms. The van der Waals surface area contributed by atoms with Gasteiger partial charge < -0.3 is 14.8 Å². The second-order valence-corrected chi connectivity index (χ2v) is 4.60. The molecule has 0 aromatic carbocycles. The van der Waals surface area contributed by atoms with Gasteiger partial charge in [0.1, 0.15) is 5.01 Å². The summed E-state index contributed by atoms with van der Waals surface area (Å²) in [6.45, 7) is 8.66. The molecule has 17 heavy (non-hydrogen) atoms. The summed E-state index contributed by atoms with van der Waals surface area (Å²) >= 11 is 1.68. The highest BCUT2D eigenvalue weighted by molar-refractivity contribution is 7.09. The molecule has 0 saturated heterocycles. The van der Waals surface area contributed by atoms with Crippen LogP contribution in [0.2, 0.25) is 0 Å². The molecule has 0 bridgehead atoms. The van der Waals surface area contributed by atoms with Crippen LogP contribution in [0.5, 0.6) is 0 Å². The molecule has 1 aromatic heterocycles. The SMILES string of the molecule is CCCNCc1nc(COCCOCC)cs1. The molecule has 0 amide bonds. The third-order valence-electron chi connectivity index (χ3n) is 2.13. The second kappa shape index (κ2) is 9.53. The Morgan fingerprint density at radius 1 is 1.29 bits per heavy atom. The maximum absolute atomic E-state index is 5.46. The Hall–Kier alpha value is -0.490. The molecule has 98 valence electrons. The van der Waals surface area contributed by atoms with Gasteiger partial charge in [0.15, 0.2) is 0 Å². The molecule has 0 aliphatic heterocycles. The Kier molecular flexibility index (Phi) is 8.17. The fourth-order valence-corrected chi connectivity index (χ4v) is 2.06. The van der Waals surface area contributed by atoms with Crippen molar-refractivity contribution in [1.82, 2.24) is 10.3 Å². The molecule has 0 unspecified atom stereocenters. The quantitative estimate of drug-likeness (QED) is 0.653. The van der Waals surface area contributed by atoms with E-state index < -0.39 is 0 Å². The number of rotatable bonds is 10. The molecule has 0 atom stereocenters. The van der Waals surface area contributed by atoms with E-state index >= 15 is 0 Å². The first kappa shape index (κ1) is 14.6. The van der Waals surface area contributed by atoms with Crippen molar-refractivity contribution >= 4 is 11.3 Å². The Labute approximate surface area is 107 Å². The fourth-order valence-electron chi connectivity index (χ4n) is 1.31. The van der Waals surface area contributed by atoms with E-state index in [4.69, 9.17) is 9.47 Å². The van der Waals surface area contributed by atoms with E-state index in [9.17, 15) is 0 Å². The van der Waals surface area contributed by atoms with Gasteiger partial charge in [0.25, 0.3) is 0 Å². The van der Waals surface area contributed by atoms with Crippen molar-refractivity contribution in [1.29, 1.82) is 0 Å². The number of hydrogen-bond acceptors (Lipinski definition) is 5. The first-order valence-corrected chi connectivity index (χ1v) is 7.04. The van der Waals surface area contributed by atoms with Gasteiger partial charge in [-0.25, -0.2) is 4.98 Å². The number of nitrogens with zero attached hydrogens (tertiary/aromatic N) is 1. The number of aromatic nitrogens is 1. The van der Waals surface area contributed by atoms with Crippen LogP contribution >= 0.6 is 11.3 Å². The molecule has 1 N–H and O–H groups in total. The van der Waals surface area contributed by atoms with Crippen LogP contribution in [0.25, 0.3) is 0 Å². The lowest BCUT2D eigenvalue weighted by molar-refractivity contribution is 0.0442. The van der Waals surface area contributed by atoms with E-state index in [1.165, 1.54) is 0 Å². The molecule has 0 fully saturated rings. The van der Waals surface area contributed by atoms with E-state index in [1.54, 1.807) is 11.3 Å². The standard InChI is InChI=1S/C12H22N2O2S/c1-3-5-13-8-12-14-11(10-17-12)9-16-7-6-15-4-2/h10,13H,3-9H2,1-2H3. The van der Waals surface area contributed by atoms with Crippen molar-refractivity contribution in [2.24, 2.45) is 0 Å². The van der Waals surface area contributed by atoms with Crippen molar-refractivity contribution < 1.29 is 9.47 Å². The number of thiazole rings is 1. The van der Waals surface area contributed by atoms with E-state index in [-0.39, 0.29) is 0 Å². The average molecular weight is 258 g/mol. The maximum atomic E-state index is 5.46. The first-order valence-electron chi connectivity index (χ1n) is 6.16. The van der Waals surface area contributed by atoms with E-state index in [0.29, 0.717) is 19.8 Å². The summed E-state index contributed by atoms with van der Waals surface area (Å²) < 4.78 is 10.6. The topological polar surface area (TPSA) is 43.4 Å². The first-order chi connectivity index (χ1) is 8.36. The Morgan fingerprint density at radius 2 is 2.12 bits per heavy atom. The van der Waals surface area contributed by atoms with Gasteiger partial charge in [-0.05, 0) is 19.9 Å². The molecular formula is C12H22N2O2S. The van der Waals surface area contributed by atoms with Gasteiger partial charge in [0, 0.05) is 18.5 Å². The Bertz CT molecular complexity index is 292. The zero-order chi connectivity index (χ0) is 12.3. The van der Waals surface area contributed by atoms with Gasteiger partial charge in [-0.2, -0.15) is 0 Å². The van der Waals surface area contributed by atoms with Crippen molar-refractivity contribution in [2.45, 2.75) is 33.4 Å². The smallest absolute Gasteiger partial charge is 0.107 e. The Morgan fingerprint density at radius 3 is 2.88 bits per heavy atom. The van der Waals surface area contributed by atoms with E-state index in [2.05, 4.69) is 22.6 Å². The van der Waals surface area contributed by atoms with Crippen molar-refractivity contribution in [2.75, 3.05) is 26.4 Å². The van der Waals surface area contributed by atoms with Gasteiger partial charge in [-0.15, -0.1) is 11.3 Å². The van der Waals surface area contributed by atoms with Gasteiger partial charge in [0.2, 0.25) is 0 Å². The zero-order valence-electron chi connectivity index (χ0n) is 10.7. The van der Waals surface area contributed by atoms with Crippen molar-refractivity contribution in [3.05, 3.63) is 16.1 Å². The van der Waals surface area contributed by atoms with Crippen LogP contribution in [0.3, 0.4) is 0 Å². The normalized spacial score (nSPS) is 10.9. The third kappa shape index (κ3) is 6.73. The van der Waals surface area contributed by atoms with Crippen LogP contribution in [0.1, 0.15) is 31.0 Å². The Balaban J connectivity index is 2.12. The minimum atomic E-state index is 0.581. The molecule has 4 nitrogen and oxygen atoms in total. The summed E-state index contributed by atoms with van der Waals surface area (Å²) in [4.78, 5) is 4.49. The molecule has 0 saturated carbocycles. The van der Waals surface area contributed by atoms with Crippen LogP contribution in [0, 0.1) is 0 Å². The summed E-state index contributed by atoms with van der Waals surface area (Å²) in [6, 6.07) is 0. The van der Waals surface area contributed by atoms with Crippen molar-refractivity contribution in [3.63, 3.8) is 0 Å². The van der Waals surface area contributed by atoms with Gasteiger partial charge >= 0.3 is 0 Å². The zero-order valence-corrected chi connectivity index (χ0v) is 11.5. The minimum absolute atomic E-state index is 0.581. The molecule has 0 aliphatic carbocycles. The van der Waals surface area contributed by atoms with Gasteiger partial charge in [-0.1, -0.05) is 6.92 Å². The highest BCUT2D eigenvalue weighted by atomic mass is 32.1. The highest BCUT2D eigenvalue weighted by Gasteiger charge is 2.01. The number of nitrogens with one attached hydrogen (secondary N) is 1. The lowest BCUT2D eigenvalue weighted by atomic mass is 10.5. The summed E-state index contributed by atoms with van der Waals surface area (Å²) in [5, 5.41) is 6.52. The number of ether oxygens (including phenoxy) is 2. The molecule has 0 radical (unpaired) electrons. The molecule has 0 aliphatic rings. The summed E-state index contributed by atoms with van der Waals surface area (Å²) in [6.07, 6.45) is 1.15. The third-order valence-corrected chi connectivity index (χ3v) is 3.03. The van der Waals surface area contributed by atoms with Crippen LogP contribution < -0.4 is 5.32 Å². The molecule has 1 heterocycles. The maximum Gasteiger partial charge on any atom is 0.107 e. The highest BCUT2D eigenvalue weighted by Crippen LogP contribution is 2.10. The summed E-state index contributed by atoms with van der Waals surface area (Å²) in [7, 11) is 0. The van der Waals surface area contributed by atoms with Crippen LogP contribution in [-0.4, -0.2) is 31.3 Å². The molecule has 5 heteroatoms. The van der Waals surface area contributed by atoms with Crippen LogP contribution in [0.4, 0.5) is 0 Å². The summed E-state index contributed by atoms with van der Waals surface area (Å²) in [5.74, 6) is 0. The predicted octanol–water partition coefficient (Wildman–Crippen LogP) is 2.20. The number of hydrogen-bond donors (Lipinski definition) is 1. The minimum Gasteiger partial charge on any atom is -0.379 e.